The zero-order valence-corrected chi connectivity index (χ0v) is 10.4. The predicted molar refractivity (Wildman–Crippen MR) is 59.4 cm³/mol. The fraction of sp³-hybridized carbons (Fsp3) is 0.833. The van der Waals surface area contributed by atoms with Gasteiger partial charge in [0.25, 0.3) is 0 Å². The topological polar surface area (TPSA) is 46.6 Å². The molecule has 0 aromatic heterocycles. The quantitative estimate of drug-likeness (QED) is 0.654. The number of fused-ring (bicyclic) bond motifs is 2. The zero-order chi connectivity index (χ0) is 12.8. The average molecular weight is 243 g/mol. The second kappa shape index (κ2) is 3.96. The van der Waals surface area contributed by atoms with Crippen LogP contribution < -0.4 is 0 Å². The number of piperidine rings is 1. The maximum atomic E-state index is 13.7. The first kappa shape index (κ1) is 12.3. The number of amides is 1. The van der Waals surface area contributed by atoms with Crippen LogP contribution in [0.3, 0.4) is 0 Å². The van der Waals surface area contributed by atoms with E-state index in [1.54, 1.807) is 20.8 Å². The predicted octanol–water partition coefficient (Wildman–Crippen LogP) is 2.07. The van der Waals surface area contributed by atoms with E-state index in [0.717, 1.165) is 0 Å². The number of Topliss-reactive ketones (excluding diaryl/α,β-unsaturated/α-hetero) is 1. The van der Waals surface area contributed by atoms with Gasteiger partial charge in [0.05, 0.1) is 6.04 Å². The molecular weight excluding hydrogens is 225 g/mol. The van der Waals surface area contributed by atoms with E-state index in [2.05, 4.69) is 0 Å². The summed E-state index contributed by atoms with van der Waals surface area (Å²) in [6.07, 6.45) is -0.675. The summed E-state index contributed by atoms with van der Waals surface area (Å²) in [7, 11) is 0. The van der Waals surface area contributed by atoms with E-state index in [-0.39, 0.29) is 18.2 Å². The molecule has 0 aliphatic carbocycles. The summed E-state index contributed by atoms with van der Waals surface area (Å²) in [4.78, 5) is 24.7. The molecule has 0 aromatic carbocycles. The van der Waals surface area contributed by atoms with Crippen molar-refractivity contribution in [1.29, 1.82) is 0 Å². The molecule has 5 heteroatoms. The minimum Gasteiger partial charge on any atom is -0.444 e. The molecule has 0 saturated carbocycles. The van der Waals surface area contributed by atoms with Gasteiger partial charge in [-0.25, -0.2) is 9.18 Å². The minimum absolute atomic E-state index is 0.122. The fourth-order valence-corrected chi connectivity index (χ4v) is 2.56. The molecule has 2 aliphatic heterocycles. The molecule has 0 N–H and O–H groups in total. The van der Waals surface area contributed by atoms with Crippen molar-refractivity contribution in [3.63, 3.8) is 0 Å². The molecule has 2 aliphatic rings. The Morgan fingerprint density at radius 2 is 2.06 bits per heavy atom. The molecular formula is C12H18FNO3. The Balaban J connectivity index is 2.12. The lowest BCUT2D eigenvalue weighted by Gasteiger charge is -2.36. The van der Waals surface area contributed by atoms with Crippen molar-refractivity contribution in [2.75, 3.05) is 0 Å². The van der Waals surface area contributed by atoms with Crippen molar-refractivity contribution in [2.45, 2.75) is 63.9 Å². The Labute approximate surface area is 100 Å². The zero-order valence-electron chi connectivity index (χ0n) is 10.4. The van der Waals surface area contributed by atoms with Gasteiger partial charge in [0.15, 0.2) is 12.0 Å². The number of hydrogen-bond acceptors (Lipinski definition) is 3. The van der Waals surface area contributed by atoms with Crippen LogP contribution in [0, 0.1) is 0 Å². The summed E-state index contributed by atoms with van der Waals surface area (Å²) in [6.45, 7) is 5.32. The SMILES string of the molecule is CC(C)(C)OC(=O)N1C2CC[C@@H]1CC(=O)[C@H]2F. The molecule has 4 nitrogen and oxygen atoms in total. The Kier molecular flexibility index (Phi) is 2.87. The third kappa shape index (κ3) is 2.28. The number of nitrogens with zero attached hydrogens (tertiary/aromatic N) is 1. The number of rotatable bonds is 0. The van der Waals surface area contributed by atoms with E-state index >= 15 is 0 Å². The van der Waals surface area contributed by atoms with Crippen molar-refractivity contribution in [2.24, 2.45) is 0 Å². The maximum Gasteiger partial charge on any atom is 0.410 e. The van der Waals surface area contributed by atoms with Gasteiger partial charge in [-0.2, -0.15) is 0 Å². The molecule has 17 heavy (non-hydrogen) atoms. The number of ketones is 1. The normalized spacial score (nSPS) is 32.8. The van der Waals surface area contributed by atoms with Crippen LogP contribution in [0.1, 0.15) is 40.0 Å². The standard InChI is InChI=1S/C12H18FNO3/c1-12(2,3)17-11(16)14-7-4-5-8(14)10(13)9(15)6-7/h7-8,10H,4-6H2,1-3H3/t7-,8?,10+/m1/s1. The Morgan fingerprint density at radius 1 is 1.41 bits per heavy atom. The number of carbonyl (C=O) groups is 2. The Hall–Kier alpha value is -1.13. The van der Waals surface area contributed by atoms with Crippen molar-refractivity contribution < 1.29 is 18.7 Å². The summed E-state index contributed by atoms with van der Waals surface area (Å²) in [6, 6.07) is -0.787. The summed E-state index contributed by atoms with van der Waals surface area (Å²) < 4.78 is 19.0. The van der Waals surface area contributed by atoms with Gasteiger partial charge in [0, 0.05) is 12.5 Å². The molecule has 2 heterocycles. The molecule has 96 valence electrons. The van der Waals surface area contributed by atoms with E-state index in [1.807, 2.05) is 0 Å². The van der Waals surface area contributed by atoms with E-state index in [0.29, 0.717) is 12.8 Å². The lowest BCUT2D eigenvalue weighted by atomic mass is 10.0. The van der Waals surface area contributed by atoms with Crippen LogP contribution in [0.4, 0.5) is 9.18 Å². The lowest BCUT2D eigenvalue weighted by Crippen LogP contribution is -2.54. The van der Waals surface area contributed by atoms with Gasteiger partial charge in [0.2, 0.25) is 0 Å². The van der Waals surface area contributed by atoms with E-state index < -0.39 is 23.9 Å². The smallest absolute Gasteiger partial charge is 0.410 e. The minimum atomic E-state index is -1.54. The summed E-state index contributed by atoms with van der Waals surface area (Å²) >= 11 is 0. The number of halogens is 1. The van der Waals surface area contributed by atoms with Crippen molar-refractivity contribution >= 4 is 11.9 Å². The number of carbonyl (C=O) groups excluding carboxylic acids is 2. The van der Waals surface area contributed by atoms with Gasteiger partial charge in [-0.15, -0.1) is 0 Å². The van der Waals surface area contributed by atoms with Crippen LogP contribution in [0.15, 0.2) is 0 Å². The van der Waals surface area contributed by atoms with E-state index in [1.165, 1.54) is 4.90 Å². The van der Waals surface area contributed by atoms with E-state index in [9.17, 15) is 14.0 Å². The largest absolute Gasteiger partial charge is 0.444 e. The average Bonchev–Trinajstić information content (AvgIpc) is 2.51. The lowest BCUT2D eigenvalue weighted by molar-refractivity contribution is -0.130. The number of ether oxygens (including phenoxy) is 1. The number of hydrogen-bond donors (Lipinski definition) is 0. The molecule has 0 aromatic rings. The fourth-order valence-electron chi connectivity index (χ4n) is 2.56. The van der Waals surface area contributed by atoms with Crippen LogP contribution in [0.5, 0.6) is 0 Å². The van der Waals surface area contributed by atoms with Crippen LogP contribution in [0.25, 0.3) is 0 Å². The summed E-state index contributed by atoms with van der Waals surface area (Å²) in [5, 5.41) is 0. The monoisotopic (exact) mass is 243 g/mol. The third-order valence-electron chi connectivity index (χ3n) is 3.23. The summed E-state index contributed by atoms with van der Waals surface area (Å²) in [5.74, 6) is -0.377. The molecule has 1 amide bonds. The molecule has 2 fully saturated rings. The van der Waals surface area contributed by atoms with Crippen LogP contribution >= 0.6 is 0 Å². The third-order valence-corrected chi connectivity index (χ3v) is 3.23. The molecule has 0 spiro atoms. The van der Waals surface area contributed by atoms with Crippen LogP contribution in [-0.4, -0.2) is 40.6 Å². The highest BCUT2D eigenvalue weighted by atomic mass is 19.1. The summed E-state index contributed by atoms with van der Waals surface area (Å²) in [5.41, 5.74) is -0.593. The van der Waals surface area contributed by atoms with Gasteiger partial charge >= 0.3 is 6.09 Å². The van der Waals surface area contributed by atoms with Crippen molar-refractivity contribution in [3.05, 3.63) is 0 Å². The van der Waals surface area contributed by atoms with Gasteiger partial charge in [-0.1, -0.05) is 0 Å². The Morgan fingerprint density at radius 3 is 2.65 bits per heavy atom. The van der Waals surface area contributed by atoms with Crippen LogP contribution in [0.2, 0.25) is 0 Å². The molecule has 1 unspecified atom stereocenters. The molecule has 2 bridgehead atoms. The van der Waals surface area contributed by atoms with E-state index in [4.69, 9.17) is 4.74 Å². The second-order valence-corrected chi connectivity index (χ2v) is 5.76. The molecule has 2 rings (SSSR count). The second-order valence-electron chi connectivity index (χ2n) is 5.76. The van der Waals surface area contributed by atoms with Crippen LogP contribution in [-0.2, 0) is 9.53 Å². The maximum absolute atomic E-state index is 13.7. The molecule has 3 atom stereocenters. The molecule has 0 radical (unpaired) electrons. The van der Waals surface area contributed by atoms with Gasteiger partial charge in [-0.3, -0.25) is 9.69 Å². The highest BCUT2D eigenvalue weighted by molar-refractivity contribution is 5.87. The number of alkyl halides is 1. The van der Waals surface area contributed by atoms with Gasteiger partial charge in [-0.05, 0) is 33.6 Å². The first-order valence-electron chi connectivity index (χ1n) is 5.98. The molecule has 2 saturated heterocycles. The van der Waals surface area contributed by atoms with Crippen molar-refractivity contribution in [3.8, 4) is 0 Å². The first-order valence-corrected chi connectivity index (χ1v) is 5.98. The van der Waals surface area contributed by atoms with Gasteiger partial charge < -0.3 is 4.74 Å². The first-order chi connectivity index (χ1) is 7.79. The Bertz CT molecular complexity index is 350. The highest BCUT2D eigenvalue weighted by Crippen LogP contribution is 2.36. The van der Waals surface area contributed by atoms with Gasteiger partial charge in [0.1, 0.15) is 5.60 Å². The highest BCUT2D eigenvalue weighted by Gasteiger charge is 2.50. The van der Waals surface area contributed by atoms with Crippen molar-refractivity contribution in [1.82, 2.24) is 4.90 Å².